The molecule has 12 heavy (non-hydrogen) atoms. The van der Waals surface area contributed by atoms with E-state index in [9.17, 15) is 10.1 Å². The molecule has 0 aliphatic heterocycles. The van der Waals surface area contributed by atoms with E-state index in [0.29, 0.717) is 5.75 Å². The first-order chi connectivity index (χ1) is 5.70. The van der Waals surface area contributed by atoms with Crippen molar-refractivity contribution in [3.05, 3.63) is 40.4 Å². The summed E-state index contributed by atoms with van der Waals surface area (Å²) in [5, 5.41) is 10.0. The Morgan fingerprint density at radius 2 is 2.00 bits per heavy atom. The zero-order chi connectivity index (χ0) is 8.97. The van der Waals surface area contributed by atoms with Crippen molar-refractivity contribution in [3.8, 4) is 5.75 Å². The van der Waals surface area contributed by atoms with E-state index in [1.54, 1.807) is 30.3 Å². The number of nitrogens with zero attached hydrogens (tertiary/aromatic N) is 1. The first-order valence-corrected chi connectivity index (χ1v) is 5.78. The molecule has 6 heteroatoms. The van der Waals surface area contributed by atoms with Gasteiger partial charge in [0.1, 0.15) is 0 Å². The van der Waals surface area contributed by atoms with Crippen LogP contribution in [0.5, 0.6) is 5.75 Å². The number of halogens is 1. The van der Waals surface area contributed by atoms with Gasteiger partial charge in [-0.2, -0.15) is 0 Å². The Balaban J connectivity index is 2.58. The molecule has 0 amide bonds. The number of hydrogen-bond acceptors (Lipinski definition) is 4. The van der Waals surface area contributed by atoms with Crippen LogP contribution >= 0.6 is 20.9 Å². The summed E-state index contributed by atoms with van der Waals surface area (Å²) in [5.41, 5.74) is 0. The van der Waals surface area contributed by atoms with Crippen LogP contribution in [-0.4, -0.2) is 6.57 Å². The predicted molar refractivity (Wildman–Crippen MR) is 50.3 cm³/mol. The molecular weight excluding hydrogens is 277 g/mol. The molecule has 0 bridgehead atoms. The third-order valence-corrected chi connectivity index (χ3v) is 2.60. The molecule has 0 aliphatic rings. The van der Waals surface area contributed by atoms with Crippen molar-refractivity contribution in [2.24, 2.45) is 0 Å². The molecule has 0 unspecified atom stereocenters. The summed E-state index contributed by atoms with van der Waals surface area (Å²) in [6, 6.07) is 8.24. The molecule has 0 aliphatic carbocycles. The molecule has 0 atom stereocenters. The Kier molecular flexibility index (Phi) is 3.23. The van der Waals surface area contributed by atoms with Gasteiger partial charge in [0.15, 0.2) is 0 Å². The summed E-state index contributed by atoms with van der Waals surface area (Å²) >= 11 is -3.44. The van der Waals surface area contributed by atoms with Crippen LogP contribution in [0.4, 0.5) is 0 Å². The molecule has 0 heterocycles. The SMILES string of the molecule is O=[N+]([O-])I(O)Oc1ccccc1. The Bertz CT molecular complexity index is 266. The second-order valence-electron chi connectivity index (χ2n) is 1.82. The van der Waals surface area contributed by atoms with Crippen LogP contribution in [0.2, 0.25) is 0 Å². The van der Waals surface area contributed by atoms with Gasteiger partial charge in [0, 0.05) is 0 Å². The van der Waals surface area contributed by atoms with Crippen LogP contribution in [0, 0.1) is 10.1 Å². The van der Waals surface area contributed by atoms with Crippen LogP contribution in [0.25, 0.3) is 0 Å². The summed E-state index contributed by atoms with van der Waals surface area (Å²) in [6.45, 7) is 0. The van der Waals surface area contributed by atoms with Crippen LogP contribution in [-0.2, 0) is 0 Å². The summed E-state index contributed by atoms with van der Waals surface area (Å²) in [5.74, 6) is 0.335. The fourth-order valence-electron chi connectivity index (χ4n) is 0.580. The summed E-state index contributed by atoms with van der Waals surface area (Å²) in [6.07, 6.45) is 0. The van der Waals surface area contributed by atoms with E-state index >= 15 is 0 Å². The number of benzene rings is 1. The van der Waals surface area contributed by atoms with Gasteiger partial charge in [-0.15, -0.1) is 0 Å². The third-order valence-electron chi connectivity index (χ3n) is 1.02. The molecule has 0 saturated heterocycles. The van der Waals surface area contributed by atoms with Gasteiger partial charge in [-0.05, 0) is 0 Å². The van der Waals surface area contributed by atoms with Crippen LogP contribution in [0.15, 0.2) is 30.3 Å². The molecule has 0 spiro atoms. The van der Waals surface area contributed by atoms with Crippen LogP contribution in [0.1, 0.15) is 0 Å². The molecule has 1 aromatic carbocycles. The van der Waals surface area contributed by atoms with Crippen LogP contribution < -0.4 is 3.07 Å². The Morgan fingerprint density at radius 3 is 2.50 bits per heavy atom. The Labute approximate surface area is 77.0 Å². The number of nitro groups is 1. The van der Waals surface area contributed by atoms with Crippen molar-refractivity contribution in [1.29, 1.82) is 0 Å². The second kappa shape index (κ2) is 4.21. The minimum atomic E-state index is -3.44. The van der Waals surface area contributed by atoms with Crippen molar-refractivity contribution in [2.75, 3.05) is 0 Å². The first-order valence-electron chi connectivity index (χ1n) is 2.97. The van der Waals surface area contributed by atoms with Crippen molar-refractivity contribution < 1.29 is 9.64 Å². The Hall–Kier alpha value is -0.890. The van der Waals surface area contributed by atoms with E-state index < -0.39 is 24.1 Å². The summed E-state index contributed by atoms with van der Waals surface area (Å²) in [4.78, 5) is 10.0. The number of para-hydroxylation sites is 1. The van der Waals surface area contributed by atoms with E-state index in [2.05, 4.69) is 3.07 Å². The van der Waals surface area contributed by atoms with Gasteiger partial charge in [-0.25, -0.2) is 0 Å². The fraction of sp³-hybridized carbons (Fsp3) is 0. The van der Waals surface area contributed by atoms with Crippen molar-refractivity contribution in [1.82, 2.24) is 0 Å². The standard InChI is InChI=1S/C6H6INO4/c9-7(8(10)11)12-6-4-2-1-3-5-6/h1-5,9H. The van der Waals surface area contributed by atoms with E-state index in [1.165, 1.54) is 0 Å². The van der Waals surface area contributed by atoms with Crippen molar-refractivity contribution in [2.45, 2.75) is 0 Å². The van der Waals surface area contributed by atoms with Crippen LogP contribution in [0.3, 0.4) is 0 Å². The molecule has 0 saturated carbocycles. The predicted octanol–water partition coefficient (Wildman–Crippen LogP) is 1.59. The van der Waals surface area contributed by atoms with E-state index in [4.69, 9.17) is 3.44 Å². The number of rotatable bonds is 3. The van der Waals surface area contributed by atoms with Gasteiger partial charge in [0.25, 0.3) is 0 Å². The molecule has 66 valence electrons. The van der Waals surface area contributed by atoms with Gasteiger partial charge in [0.05, 0.1) is 0 Å². The zero-order valence-electron chi connectivity index (χ0n) is 5.88. The molecule has 0 aromatic heterocycles. The number of hydrogen-bond donors (Lipinski definition) is 1. The molecular formula is C6H6INO4. The molecule has 1 rings (SSSR count). The van der Waals surface area contributed by atoms with E-state index in [0.717, 1.165) is 0 Å². The fourth-order valence-corrected chi connectivity index (χ4v) is 1.49. The van der Waals surface area contributed by atoms with Gasteiger partial charge in [-0.3, -0.25) is 0 Å². The van der Waals surface area contributed by atoms with Gasteiger partial charge >= 0.3 is 76.8 Å². The Morgan fingerprint density at radius 1 is 1.42 bits per heavy atom. The quantitative estimate of drug-likeness (QED) is 0.395. The first kappa shape index (κ1) is 9.20. The van der Waals surface area contributed by atoms with Gasteiger partial charge in [-0.1, -0.05) is 0 Å². The normalized spacial score (nSPS) is 10.6. The molecule has 5 nitrogen and oxygen atoms in total. The average Bonchev–Trinajstić information content (AvgIpc) is 2.06. The maximum atomic E-state index is 10.0. The van der Waals surface area contributed by atoms with Crippen molar-refractivity contribution in [3.63, 3.8) is 0 Å². The van der Waals surface area contributed by atoms with Gasteiger partial charge < -0.3 is 0 Å². The molecule has 1 N–H and O–H groups in total. The molecule has 0 fully saturated rings. The van der Waals surface area contributed by atoms with Crippen molar-refractivity contribution >= 4 is 20.9 Å². The maximum absolute atomic E-state index is 10.0. The average molecular weight is 283 g/mol. The second-order valence-corrected chi connectivity index (χ2v) is 4.26. The summed E-state index contributed by atoms with van der Waals surface area (Å²) in [7, 11) is 0. The third kappa shape index (κ3) is 2.62. The monoisotopic (exact) mass is 283 g/mol. The van der Waals surface area contributed by atoms with E-state index in [1.807, 2.05) is 0 Å². The zero-order valence-corrected chi connectivity index (χ0v) is 8.04. The molecule has 0 radical (unpaired) electrons. The molecule has 1 aromatic rings. The summed E-state index contributed by atoms with van der Waals surface area (Å²) < 4.78 is 12.7. The minimum absolute atomic E-state index is 0.335. The van der Waals surface area contributed by atoms with Gasteiger partial charge in [0.2, 0.25) is 0 Å². The van der Waals surface area contributed by atoms with E-state index in [-0.39, 0.29) is 0 Å². The topological polar surface area (TPSA) is 72.6 Å².